The van der Waals surface area contributed by atoms with E-state index >= 15 is 0 Å². The van der Waals surface area contributed by atoms with Crippen molar-refractivity contribution in [1.29, 1.82) is 0 Å². The minimum atomic E-state index is -0.250. The number of oxime groups is 1. The fourth-order valence-corrected chi connectivity index (χ4v) is 1.67. The molecule has 1 heterocycles. The highest BCUT2D eigenvalue weighted by atomic mass is 16.4. The topological polar surface area (TPSA) is 101 Å². The van der Waals surface area contributed by atoms with Gasteiger partial charge in [0, 0.05) is 18.3 Å². The number of carbonyl (C=O) groups excluding carboxylic acids is 1. The number of aromatic nitrogens is 1. The average molecular weight is 270 g/mol. The van der Waals surface area contributed by atoms with E-state index in [-0.39, 0.29) is 11.7 Å². The molecule has 0 aliphatic carbocycles. The smallest absolute Gasteiger partial charge is 0.270 e. The monoisotopic (exact) mass is 270 g/mol. The predicted octanol–water partition coefficient (Wildman–Crippen LogP) is 1.11. The molecule has 1 aromatic heterocycles. The Kier molecular flexibility index (Phi) is 4.28. The second-order valence-corrected chi connectivity index (χ2v) is 4.08. The molecule has 0 aliphatic rings. The first kappa shape index (κ1) is 13.5. The van der Waals surface area contributed by atoms with Crippen LogP contribution in [0.2, 0.25) is 0 Å². The standard InChI is InChI=1S/C14H14N4O2/c15-13(18-20)11-5-3-4-10(8-11)9-17-14(19)12-6-1-2-7-16-12/h1-8,20H,9H2,(H2,15,18)(H,17,19). The van der Waals surface area contributed by atoms with Gasteiger partial charge in [-0.25, -0.2) is 0 Å². The summed E-state index contributed by atoms with van der Waals surface area (Å²) in [4.78, 5) is 15.8. The van der Waals surface area contributed by atoms with Crippen molar-refractivity contribution >= 4 is 11.7 Å². The average Bonchev–Trinajstić information content (AvgIpc) is 2.53. The summed E-state index contributed by atoms with van der Waals surface area (Å²) in [5, 5.41) is 14.3. The summed E-state index contributed by atoms with van der Waals surface area (Å²) in [5.41, 5.74) is 7.31. The van der Waals surface area contributed by atoms with Crippen molar-refractivity contribution in [3.8, 4) is 0 Å². The number of amidine groups is 1. The lowest BCUT2D eigenvalue weighted by molar-refractivity contribution is 0.0946. The highest BCUT2D eigenvalue weighted by Gasteiger charge is 2.06. The Bertz CT molecular complexity index is 626. The highest BCUT2D eigenvalue weighted by Crippen LogP contribution is 2.05. The highest BCUT2D eigenvalue weighted by molar-refractivity contribution is 5.97. The molecule has 0 saturated carbocycles. The van der Waals surface area contributed by atoms with Gasteiger partial charge in [-0.05, 0) is 23.8 Å². The molecule has 0 aliphatic heterocycles. The lowest BCUT2D eigenvalue weighted by atomic mass is 10.1. The molecule has 6 heteroatoms. The molecule has 0 atom stereocenters. The fourth-order valence-electron chi connectivity index (χ4n) is 1.67. The zero-order valence-electron chi connectivity index (χ0n) is 10.7. The number of nitrogens with one attached hydrogen (secondary N) is 1. The number of amides is 1. The number of nitrogens with zero attached hydrogens (tertiary/aromatic N) is 2. The molecular formula is C14H14N4O2. The summed E-state index contributed by atoms with van der Waals surface area (Å²) < 4.78 is 0. The van der Waals surface area contributed by atoms with E-state index in [1.807, 2.05) is 6.07 Å². The molecule has 0 saturated heterocycles. The first-order chi connectivity index (χ1) is 9.70. The van der Waals surface area contributed by atoms with Crippen LogP contribution in [0.15, 0.2) is 53.8 Å². The fraction of sp³-hybridized carbons (Fsp3) is 0.0714. The lowest BCUT2D eigenvalue weighted by Gasteiger charge is -2.06. The Balaban J connectivity index is 2.03. The molecule has 0 bridgehead atoms. The van der Waals surface area contributed by atoms with Crippen LogP contribution in [0.3, 0.4) is 0 Å². The third-order valence-corrected chi connectivity index (χ3v) is 2.68. The van der Waals surface area contributed by atoms with E-state index in [9.17, 15) is 4.79 Å². The van der Waals surface area contributed by atoms with E-state index in [1.165, 1.54) is 0 Å². The summed E-state index contributed by atoms with van der Waals surface area (Å²) in [6.45, 7) is 0.335. The summed E-state index contributed by atoms with van der Waals surface area (Å²) >= 11 is 0. The molecule has 1 amide bonds. The maximum absolute atomic E-state index is 11.8. The maximum atomic E-state index is 11.8. The van der Waals surface area contributed by atoms with Gasteiger partial charge in [0.05, 0.1) is 0 Å². The number of nitrogens with two attached hydrogens (primary N) is 1. The van der Waals surface area contributed by atoms with Crippen molar-refractivity contribution in [2.45, 2.75) is 6.54 Å². The molecular weight excluding hydrogens is 256 g/mol. The van der Waals surface area contributed by atoms with Gasteiger partial charge in [-0.15, -0.1) is 0 Å². The molecule has 2 aromatic rings. The van der Waals surface area contributed by atoms with E-state index in [2.05, 4.69) is 15.5 Å². The molecule has 0 radical (unpaired) electrons. The summed E-state index contributed by atoms with van der Waals surface area (Å²) in [5.74, 6) is -0.220. The Morgan fingerprint density at radius 1 is 1.30 bits per heavy atom. The van der Waals surface area contributed by atoms with Crippen LogP contribution in [-0.4, -0.2) is 21.9 Å². The third-order valence-electron chi connectivity index (χ3n) is 2.68. The molecule has 4 N–H and O–H groups in total. The number of pyridine rings is 1. The second-order valence-electron chi connectivity index (χ2n) is 4.08. The van der Waals surface area contributed by atoms with Gasteiger partial charge < -0.3 is 16.3 Å². The van der Waals surface area contributed by atoms with Crippen molar-refractivity contribution in [3.63, 3.8) is 0 Å². The predicted molar refractivity (Wildman–Crippen MR) is 74.4 cm³/mol. The van der Waals surface area contributed by atoms with E-state index in [0.29, 0.717) is 17.8 Å². The summed E-state index contributed by atoms with van der Waals surface area (Å²) in [7, 11) is 0. The molecule has 20 heavy (non-hydrogen) atoms. The number of hydrogen-bond donors (Lipinski definition) is 3. The van der Waals surface area contributed by atoms with E-state index < -0.39 is 0 Å². The lowest BCUT2D eigenvalue weighted by Crippen LogP contribution is -2.24. The van der Waals surface area contributed by atoms with E-state index in [0.717, 1.165) is 5.56 Å². The molecule has 0 unspecified atom stereocenters. The first-order valence-electron chi connectivity index (χ1n) is 5.97. The molecule has 2 rings (SSSR count). The molecule has 0 spiro atoms. The van der Waals surface area contributed by atoms with Gasteiger partial charge in [0.15, 0.2) is 5.84 Å². The van der Waals surface area contributed by atoms with Gasteiger partial charge in [-0.3, -0.25) is 9.78 Å². The molecule has 102 valence electrons. The molecule has 0 fully saturated rings. The Labute approximate surface area is 115 Å². The van der Waals surface area contributed by atoms with E-state index in [1.54, 1.807) is 42.6 Å². The van der Waals surface area contributed by atoms with Crippen LogP contribution in [-0.2, 0) is 6.54 Å². The van der Waals surface area contributed by atoms with Crippen LogP contribution in [0.5, 0.6) is 0 Å². The second kappa shape index (κ2) is 6.33. The number of hydrogen-bond acceptors (Lipinski definition) is 4. The Morgan fingerprint density at radius 3 is 2.85 bits per heavy atom. The van der Waals surface area contributed by atoms with Gasteiger partial charge in [0.2, 0.25) is 0 Å². The van der Waals surface area contributed by atoms with Gasteiger partial charge in [-0.1, -0.05) is 29.4 Å². The van der Waals surface area contributed by atoms with Crippen molar-refractivity contribution in [3.05, 3.63) is 65.5 Å². The van der Waals surface area contributed by atoms with E-state index in [4.69, 9.17) is 10.9 Å². The zero-order valence-corrected chi connectivity index (χ0v) is 10.7. The van der Waals surface area contributed by atoms with Crippen molar-refractivity contribution in [2.75, 3.05) is 0 Å². The van der Waals surface area contributed by atoms with Crippen LogP contribution in [0.4, 0.5) is 0 Å². The van der Waals surface area contributed by atoms with Crippen molar-refractivity contribution < 1.29 is 10.0 Å². The summed E-state index contributed by atoms with van der Waals surface area (Å²) in [6.07, 6.45) is 1.56. The van der Waals surface area contributed by atoms with Crippen LogP contribution in [0.1, 0.15) is 21.6 Å². The van der Waals surface area contributed by atoms with Gasteiger partial charge in [-0.2, -0.15) is 0 Å². The SMILES string of the molecule is NC(=NO)c1cccc(CNC(=O)c2ccccn2)c1. The van der Waals surface area contributed by atoms with Crippen LogP contribution >= 0.6 is 0 Å². The zero-order chi connectivity index (χ0) is 14.4. The quantitative estimate of drug-likeness (QED) is 0.335. The minimum Gasteiger partial charge on any atom is -0.409 e. The summed E-state index contributed by atoms with van der Waals surface area (Å²) in [6, 6.07) is 12.2. The van der Waals surface area contributed by atoms with Gasteiger partial charge >= 0.3 is 0 Å². The normalized spacial score (nSPS) is 11.1. The van der Waals surface area contributed by atoms with Gasteiger partial charge in [0.25, 0.3) is 5.91 Å². The van der Waals surface area contributed by atoms with Gasteiger partial charge in [0.1, 0.15) is 5.69 Å². The Morgan fingerprint density at radius 2 is 2.15 bits per heavy atom. The van der Waals surface area contributed by atoms with Crippen LogP contribution < -0.4 is 11.1 Å². The molecule has 6 nitrogen and oxygen atoms in total. The third kappa shape index (κ3) is 3.32. The minimum absolute atomic E-state index is 0.0305. The first-order valence-corrected chi connectivity index (χ1v) is 5.97. The number of benzene rings is 1. The van der Waals surface area contributed by atoms with Crippen LogP contribution in [0.25, 0.3) is 0 Å². The maximum Gasteiger partial charge on any atom is 0.270 e. The number of carbonyl (C=O) groups is 1. The van der Waals surface area contributed by atoms with Crippen molar-refractivity contribution in [2.24, 2.45) is 10.9 Å². The van der Waals surface area contributed by atoms with Crippen molar-refractivity contribution in [1.82, 2.24) is 10.3 Å². The Hall–Kier alpha value is -2.89. The molecule has 1 aromatic carbocycles. The van der Waals surface area contributed by atoms with Crippen LogP contribution in [0, 0.1) is 0 Å². The largest absolute Gasteiger partial charge is 0.409 e. The number of rotatable bonds is 4.